The van der Waals surface area contributed by atoms with Crippen LogP contribution in [0.4, 0.5) is 0 Å². The molecule has 0 radical (unpaired) electrons. The number of carbonyl (C=O) groups is 1. The van der Waals surface area contributed by atoms with Gasteiger partial charge in [0.05, 0.1) is 5.75 Å². The summed E-state index contributed by atoms with van der Waals surface area (Å²) in [5.41, 5.74) is 0.731. The lowest BCUT2D eigenvalue weighted by molar-refractivity contribution is -0.107. The highest BCUT2D eigenvalue weighted by Crippen LogP contribution is 2.17. The number of allylic oxidation sites excluding steroid dienone is 1. The van der Waals surface area contributed by atoms with Crippen LogP contribution in [0, 0.1) is 0 Å². The first-order valence-corrected chi connectivity index (χ1v) is 4.71. The van der Waals surface area contributed by atoms with Crippen LogP contribution in [0.3, 0.4) is 0 Å². The molecule has 0 bridgehead atoms. The van der Waals surface area contributed by atoms with E-state index in [2.05, 4.69) is 0 Å². The fraction of sp³-hybridized carbons (Fsp3) is 0.500. The normalized spacial score (nSPS) is 22.2. The zero-order valence-electron chi connectivity index (χ0n) is 5.41. The quantitative estimate of drug-likeness (QED) is 0.545. The minimum atomic E-state index is -2.94. The smallest absolute Gasteiger partial charge is 0.171 e. The first kappa shape index (κ1) is 7.47. The molecule has 0 amide bonds. The molecule has 0 saturated carbocycles. The van der Waals surface area contributed by atoms with Crippen molar-refractivity contribution in [3.8, 4) is 0 Å². The van der Waals surface area contributed by atoms with Gasteiger partial charge in [-0.25, -0.2) is 8.42 Å². The van der Waals surface area contributed by atoms with Crippen molar-refractivity contribution < 1.29 is 13.2 Å². The van der Waals surface area contributed by atoms with Crippen LogP contribution in [0.1, 0.15) is 12.8 Å². The van der Waals surface area contributed by atoms with Crippen molar-refractivity contribution in [1.29, 1.82) is 0 Å². The van der Waals surface area contributed by atoms with Gasteiger partial charge in [0, 0.05) is 11.8 Å². The van der Waals surface area contributed by atoms with Gasteiger partial charge in [0.1, 0.15) is 6.29 Å². The highest BCUT2D eigenvalue weighted by Gasteiger charge is 2.17. The summed E-state index contributed by atoms with van der Waals surface area (Å²) in [5, 5.41) is 1.21. The molecule has 1 aliphatic heterocycles. The molecule has 10 heavy (non-hydrogen) atoms. The Hall–Kier alpha value is -0.640. The third kappa shape index (κ3) is 1.67. The van der Waals surface area contributed by atoms with E-state index in [0.29, 0.717) is 6.42 Å². The average molecular weight is 160 g/mol. The molecule has 1 aliphatic rings. The zero-order valence-corrected chi connectivity index (χ0v) is 6.23. The summed E-state index contributed by atoms with van der Waals surface area (Å²) < 4.78 is 21.4. The lowest BCUT2D eigenvalue weighted by Crippen LogP contribution is -1.92. The molecule has 0 unspecified atom stereocenters. The molecule has 0 aromatic heterocycles. The molecule has 0 atom stereocenters. The summed E-state index contributed by atoms with van der Waals surface area (Å²) in [6, 6.07) is 0. The Morgan fingerprint density at radius 2 is 2.30 bits per heavy atom. The van der Waals surface area contributed by atoms with Crippen LogP contribution >= 0.6 is 0 Å². The van der Waals surface area contributed by atoms with E-state index in [9.17, 15) is 13.2 Å². The van der Waals surface area contributed by atoms with Gasteiger partial charge in [-0.15, -0.1) is 0 Å². The predicted octanol–water partition coefficient (Wildman–Crippen LogP) is 0.278. The minimum Gasteiger partial charge on any atom is -0.303 e. The number of hydrogen-bond acceptors (Lipinski definition) is 3. The Morgan fingerprint density at radius 3 is 2.70 bits per heavy atom. The second-order valence-electron chi connectivity index (χ2n) is 2.26. The number of hydrogen-bond donors (Lipinski definition) is 0. The second-order valence-corrected chi connectivity index (χ2v) is 4.23. The molecule has 1 heterocycles. The van der Waals surface area contributed by atoms with Crippen LogP contribution in [0.2, 0.25) is 0 Å². The second kappa shape index (κ2) is 2.54. The SMILES string of the molecule is O=CCC1=CS(=O)(=O)CC1. The van der Waals surface area contributed by atoms with Crippen molar-refractivity contribution in [3.63, 3.8) is 0 Å². The van der Waals surface area contributed by atoms with Gasteiger partial charge in [-0.2, -0.15) is 0 Å². The van der Waals surface area contributed by atoms with E-state index in [-0.39, 0.29) is 12.2 Å². The molecular weight excluding hydrogens is 152 g/mol. The first-order valence-electron chi connectivity index (χ1n) is 3.00. The molecule has 56 valence electrons. The first-order chi connectivity index (χ1) is 4.64. The lowest BCUT2D eigenvalue weighted by atomic mass is 10.2. The number of rotatable bonds is 2. The number of sulfone groups is 1. The zero-order chi connectivity index (χ0) is 7.61. The van der Waals surface area contributed by atoms with Crippen molar-refractivity contribution in [2.75, 3.05) is 5.75 Å². The predicted molar refractivity (Wildman–Crippen MR) is 37.2 cm³/mol. The van der Waals surface area contributed by atoms with Crippen molar-refractivity contribution >= 4 is 16.1 Å². The molecule has 0 spiro atoms. The molecular formula is C6H8O3S. The van der Waals surface area contributed by atoms with Crippen LogP contribution in [-0.2, 0) is 14.6 Å². The number of aldehydes is 1. The van der Waals surface area contributed by atoms with Gasteiger partial charge in [-0.05, 0) is 6.42 Å². The fourth-order valence-electron chi connectivity index (χ4n) is 0.902. The Labute approximate surface area is 59.7 Å². The monoisotopic (exact) mass is 160 g/mol. The van der Waals surface area contributed by atoms with Gasteiger partial charge in [-0.1, -0.05) is 5.57 Å². The van der Waals surface area contributed by atoms with Crippen LogP contribution in [0.5, 0.6) is 0 Å². The van der Waals surface area contributed by atoms with Crippen LogP contribution in [0.25, 0.3) is 0 Å². The Morgan fingerprint density at radius 1 is 1.60 bits per heavy atom. The van der Waals surface area contributed by atoms with E-state index in [4.69, 9.17) is 0 Å². The van der Waals surface area contributed by atoms with E-state index in [1.165, 1.54) is 5.41 Å². The highest BCUT2D eigenvalue weighted by atomic mass is 32.2. The molecule has 0 saturated heterocycles. The summed E-state index contributed by atoms with van der Waals surface area (Å²) in [7, 11) is -2.94. The maximum Gasteiger partial charge on any atom is 0.171 e. The maximum absolute atomic E-state index is 10.7. The molecule has 0 aromatic carbocycles. The van der Waals surface area contributed by atoms with Gasteiger partial charge in [0.25, 0.3) is 0 Å². The molecule has 3 nitrogen and oxygen atoms in total. The molecule has 0 aromatic rings. The van der Waals surface area contributed by atoms with Crippen LogP contribution < -0.4 is 0 Å². The molecule has 0 fully saturated rings. The van der Waals surface area contributed by atoms with Crippen LogP contribution in [-0.4, -0.2) is 20.5 Å². The topological polar surface area (TPSA) is 51.2 Å². The standard InChI is InChI=1S/C6H8O3S/c7-3-1-6-2-4-10(8,9)5-6/h3,5H,1-2,4H2. The number of carbonyl (C=O) groups excluding carboxylic acids is 1. The van der Waals surface area contributed by atoms with Gasteiger partial charge in [-0.3, -0.25) is 0 Å². The summed E-state index contributed by atoms with van der Waals surface area (Å²) >= 11 is 0. The van der Waals surface area contributed by atoms with E-state index in [1.54, 1.807) is 0 Å². The Bertz CT molecular complexity index is 261. The Kier molecular flexibility index (Phi) is 1.89. The summed E-state index contributed by atoms with van der Waals surface area (Å²) in [6.45, 7) is 0. The van der Waals surface area contributed by atoms with Crippen LogP contribution in [0.15, 0.2) is 11.0 Å². The lowest BCUT2D eigenvalue weighted by Gasteiger charge is -1.86. The minimum absolute atomic E-state index is 0.177. The third-order valence-corrected chi connectivity index (χ3v) is 2.87. The van der Waals surface area contributed by atoms with E-state index >= 15 is 0 Å². The van der Waals surface area contributed by atoms with Gasteiger partial charge >= 0.3 is 0 Å². The summed E-state index contributed by atoms with van der Waals surface area (Å²) in [4.78, 5) is 9.94. The molecule has 0 N–H and O–H groups in total. The summed E-state index contributed by atoms with van der Waals surface area (Å²) in [6.07, 6.45) is 1.52. The highest BCUT2D eigenvalue weighted by molar-refractivity contribution is 7.94. The van der Waals surface area contributed by atoms with E-state index in [1.807, 2.05) is 0 Å². The Balaban J connectivity index is 2.76. The van der Waals surface area contributed by atoms with Crippen molar-refractivity contribution in [2.45, 2.75) is 12.8 Å². The van der Waals surface area contributed by atoms with Crippen molar-refractivity contribution in [3.05, 3.63) is 11.0 Å². The van der Waals surface area contributed by atoms with Crippen molar-refractivity contribution in [1.82, 2.24) is 0 Å². The molecule has 1 rings (SSSR count). The van der Waals surface area contributed by atoms with Gasteiger partial charge in [0.15, 0.2) is 9.84 Å². The maximum atomic E-state index is 10.7. The van der Waals surface area contributed by atoms with Gasteiger partial charge < -0.3 is 4.79 Å². The van der Waals surface area contributed by atoms with E-state index in [0.717, 1.165) is 11.9 Å². The largest absolute Gasteiger partial charge is 0.303 e. The van der Waals surface area contributed by atoms with E-state index < -0.39 is 9.84 Å². The fourth-order valence-corrected chi connectivity index (χ4v) is 2.29. The third-order valence-electron chi connectivity index (χ3n) is 1.40. The molecule has 4 heteroatoms. The summed E-state index contributed by atoms with van der Waals surface area (Å²) in [5.74, 6) is 0.177. The average Bonchev–Trinajstić information content (AvgIpc) is 2.12. The molecule has 0 aliphatic carbocycles. The van der Waals surface area contributed by atoms with Crippen molar-refractivity contribution in [2.24, 2.45) is 0 Å². The van der Waals surface area contributed by atoms with Gasteiger partial charge in [0.2, 0.25) is 0 Å².